The van der Waals surface area contributed by atoms with Crippen molar-refractivity contribution in [1.82, 2.24) is 20.2 Å². The molecule has 0 radical (unpaired) electrons. The van der Waals surface area contributed by atoms with Gasteiger partial charge in [-0.25, -0.2) is 9.78 Å². The molecule has 0 fully saturated rings. The van der Waals surface area contributed by atoms with Crippen molar-refractivity contribution in [1.29, 1.82) is 0 Å². The Morgan fingerprint density at radius 2 is 2.03 bits per heavy atom. The number of fused-ring (bicyclic) bond motifs is 1. The lowest BCUT2D eigenvalue weighted by Gasteiger charge is -2.20. The van der Waals surface area contributed by atoms with Crippen molar-refractivity contribution in [3.8, 4) is 10.4 Å². The maximum atomic E-state index is 13.1. The molecule has 0 aliphatic carbocycles. The van der Waals surface area contributed by atoms with Crippen LogP contribution in [0, 0.1) is 0 Å². The highest BCUT2D eigenvalue weighted by Crippen LogP contribution is 2.34. The van der Waals surface area contributed by atoms with Crippen molar-refractivity contribution in [3.05, 3.63) is 33.2 Å². The van der Waals surface area contributed by atoms with Gasteiger partial charge in [0.25, 0.3) is 5.56 Å². The van der Waals surface area contributed by atoms with Gasteiger partial charge >= 0.3 is 6.03 Å². The Bertz CT molecular complexity index is 1090. The molecule has 154 valence electrons. The van der Waals surface area contributed by atoms with Crippen LogP contribution in [0.3, 0.4) is 0 Å². The topological polar surface area (TPSA) is 93.1 Å². The molecule has 29 heavy (non-hydrogen) atoms. The van der Waals surface area contributed by atoms with Gasteiger partial charge in [-0.15, -0.1) is 22.7 Å². The van der Waals surface area contributed by atoms with Gasteiger partial charge < -0.3 is 5.32 Å². The number of thiophene rings is 2. The lowest BCUT2D eigenvalue weighted by molar-refractivity contribution is -0.117. The smallest absolute Gasteiger partial charge is 0.321 e. The van der Waals surface area contributed by atoms with E-state index in [4.69, 9.17) is 0 Å². The zero-order valence-corrected chi connectivity index (χ0v) is 19.0. The van der Waals surface area contributed by atoms with E-state index in [0.29, 0.717) is 21.9 Å². The Hall–Kier alpha value is -2.17. The SMILES string of the molecule is CCn1c(SCC(=O)NC(=O)NC(C)(C)C)nc2scc(-c3cccs3)c2c1=O. The molecule has 3 amide bonds. The molecule has 0 aromatic carbocycles. The number of hydrogen-bond acceptors (Lipinski definition) is 7. The molecular formula is C19H22N4O3S3. The molecule has 0 bridgehead atoms. The summed E-state index contributed by atoms with van der Waals surface area (Å²) in [5.41, 5.74) is 0.343. The molecule has 3 aromatic rings. The average Bonchev–Trinajstić information content (AvgIpc) is 3.27. The zero-order chi connectivity index (χ0) is 21.2. The molecule has 0 saturated carbocycles. The lowest BCUT2D eigenvalue weighted by Crippen LogP contribution is -2.48. The van der Waals surface area contributed by atoms with Crippen molar-refractivity contribution in [3.63, 3.8) is 0 Å². The highest BCUT2D eigenvalue weighted by molar-refractivity contribution is 7.99. The number of carbonyl (C=O) groups excluding carboxylic acids is 2. The predicted octanol–water partition coefficient (Wildman–Crippen LogP) is 3.92. The molecule has 10 heteroatoms. The van der Waals surface area contributed by atoms with E-state index >= 15 is 0 Å². The van der Waals surface area contributed by atoms with Crippen molar-refractivity contribution in [2.75, 3.05) is 5.75 Å². The van der Waals surface area contributed by atoms with Crippen LogP contribution in [-0.2, 0) is 11.3 Å². The molecule has 2 N–H and O–H groups in total. The summed E-state index contributed by atoms with van der Waals surface area (Å²) in [6, 6.07) is 3.39. The summed E-state index contributed by atoms with van der Waals surface area (Å²) in [4.78, 5) is 43.3. The van der Waals surface area contributed by atoms with Crippen LogP contribution in [-0.4, -0.2) is 32.8 Å². The van der Waals surface area contributed by atoms with Gasteiger partial charge in [0.15, 0.2) is 5.16 Å². The van der Waals surface area contributed by atoms with Crippen LogP contribution < -0.4 is 16.2 Å². The number of aromatic nitrogens is 2. The Morgan fingerprint density at radius 3 is 2.66 bits per heavy atom. The Morgan fingerprint density at radius 1 is 1.28 bits per heavy atom. The van der Waals surface area contributed by atoms with Gasteiger partial charge in [0, 0.05) is 27.9 Å². The summed E-state index contributed by atoms with van der Waals surface area (Å²) in [7, 11) is 0. The van der Waals surface area contributed by atoms with Crippen LogP contribution in [0.1, 0.15) is 27.7 Å². The van der Waals surface area contributed by atoms with Crippen LogP contribution in [0.4, 0.5) is 4.79 Å². The Labute approximate surface area is 180 Å². The van der Waals surface area contributed by atoms with Gasteiger partial charge in [-0.3, -0.25) is 19.5 Å². The summed E-state index contributed by atoms with van der Waals surface area (Å²) in [6.07, 6.45) is 0. The number of hydrogen-bond donors (Lipinski definition) is 2. The van der Waals surface area contributed by atoms with Crippen molar-refractivity contribution < 1.29 is 9.59 Å². The third kappa shape index (κ3) is 5.06. The van der Waals surface area contributed by atoms with E-state index in [-0.39, 0.29) is 11.3 Å². The monoisotopic (exact) mass is 450 g/mol. The summed E-state index contributed by atoms with van der Waals surface area (Å²) in [6.45, 7) is 7.80. The third-order valence-corrected chi connectivity index (χ3v) is 6.59. The van der Waals surface area contributed by atoms with Crippen LogP contribution >= 0.6 is 34.4 Å². The Balaban J connectivity index is 1.81. The fourth-order valence-corrected chi connectivity index (χ4v) is 5.34. The zero-order valence-electron chi connectivity index (χ0n) is 16.6. The van der Waals surface area contributed by atoms with E-state index in [0.717, 1.165) is 22.2 Å². The number of thioether (sulfide) groups is 1. The van der Waals surface area contributed by atoms with Gasteiger partial charge in [-0.1, -0.05) is 17.8 Å². The molecule has 3 aromatic heterocycles. The highest BCUT2D eigenvalue weighted by Gasteiger charge is 2.19. The second-order valence-electron chi connectivity index (χ2n) is 7.29. The van der Waals surface area contributed by atoms with E-state index in [2.05, 4.69) is 15.6 Å². The molecule has 0 atom stereocenters. The lowest BCUT2D eigenvalue weighted by atomic mass is 10.1. The van der Waals surface area contributed by atoms with Crippen LogP contribution in [0.2, 0.25) is 0 Å². The molecule has 0 saturated heterocycles. The summed E-state index contributed by atoms with van der Waals surface area (Å²) < 4.78 is 1.57. The molecule has 3 heterocycles. The van der Waals surface area contributed by atoms with Crippen LogP contribution in [0.15, 0.2) is 32.8 Å². The number of imide groups is 1. The summed E-state index contributed by atoms with van der Waals surface area (Å²) in [5.74, 6) is -0.460. The van der Waals surface area contributed by atoms with E-state index in [1.165, 1.54) is 11.3 Å². The van der Waals surface area contributed by atoms with E-state index in [1.54, 1.807) is 15.9 Å². The van der Waals surface area contributed by atoms with Gasteiger partial charge in [0.1, 0.15) is 4.83 Å². The Kier molecular flexibility index (Phi) is 6.45. The first-order valence-corrected chi connectivity index (χ1v) is 11.7. The van der Waals surface area contributed by atoms with E-state index in [9.17, 15) is 14.4 Å². The fourth-order valence-electron chi connectivity index (χ4n) is 2.67. The number of carbonyl (C=O) groups is 2. The molecule has 0 aliphatic rings. The second-order valence-corrected chi connectivity index (χ2v) is 10.0. The normalized spacial score (nSPS) is 11.6. The van der Waals surface area contributed by atoms with Gasteiger partial charge in [-0.2, -0.15) is 0 Å². The standard InChI is InChI=1S/C19H22N4O3S3/c1-5-23-16(25)14-11(12-7-6-8-27-12)9-28-15(14)21-18(23)29-10-13(24)20-17(26)22-19(2,3)4/h6-9H,5,10H2,1-4H3,(H2,20,22,24,26). The first-order chi connectivity index (χ1) is 13.7. The van der Waals surface area contributed by atoms with Crippen molar-refractivity contribution in [2.24, 2.45) is 0 Å². The van der Waals surface area contributed by atoms with E-state index < -0.39 is 17.5 Å². The minimum absolute atomic E-state index is 0.0152. The molecule has 3 rings (SSSR count). The van der Waals surface area contributed by atoms with Crippen LogP contribution in [0.5, 0.6) is 0 Å². The first kappa shape index (κ1) is 21.5. The molecule has 0 unspecified atom stereocenters. The number of nitrogens with zero attached hydrogens (tertiary/aromatic N) is 2. The van der Waals surface area contributed by atoms with Gasteiger partial charge in [-0.05, 0) is 39.1 Å². The van der Waals surface area contributed by atoms with Gasteiger partial charge in [0.2, 0.25) is 5.91 Å². The molecular weight excluding hydrogens is 428 g/mol. The number of urea groups is 1. The maximum absolute atomic E-state index is 13.1. The summed E-state index contributed by atoms with van der Waals surface area (Å²) >= 11 is 4.14. The predicted molar refractivity (Wildman–Crippen MR) is 120 cm³/mol. The molecule has 0 spiro atoms. The number of nitrogens with one attached hydrogen (secondary N) is 2. The number of rotatable bonds is 5. The van der Waals surface area contributed by atoms with Crippen molar-refractivity contribution >= 4 is 56.6 Å². The fraction of sp³-hybridized carbons (Fsp3) is 0.368. The average molecular weight is 451 g/mol. The number of amides is 3. The second kappa shape index (κ2) is 8.68. The van der Waals surface area contributed by atoms with Crippen molar-refractivity contribution in [2.45, 2.75) is 44.9 Å². The summed E-state index contributed by atoms with van der Waals surface area (Å²) in [5, 5.41) is 9.97. The largest absolute Gasteiger partial charge is 0.333 e. The minimum Gasteiger partial charge on any atom is -0.333 e. The molecule has 7 nitrogen and oxygen atoms in total. The minimum atomic E-state index is -0.543. The quantitative estimate of drug-likeness (QED) is 0.454. The third-order valence-electron chi connectivity index (χ3n) is 3.84. The highest BCUT2D eigenvalue weighted by atomic mass is 32.2. The van der Waals surface area contributed by atoms with Gasteiger partial charge in [0.05, 0.1) is 11.1 Å². The molecule has 0 aliphatic heterocycles. The first-order valence-electron chi connectivity index (χ1n) is 9.00. The van der Waals surface area contributed by atoms with Crippen LogP contribution in [0.25, 0.3) is 20.7 Å². The van der Waals surface area contributed by atoms with E-state index in [1.807, 2.05) is 50.6 Å². The maximum Gasteiger partial charge on any atom is 0.321 e.